The van der Waals surface area contributed by atoms with Gasteiger partial charge in [-0.1, -0.05) is 6.92 Å². The van der Waals surface area contributed by atoms with E-state index in [2.05, 4.69) is 22.5 Å². The Balaban J connectivity index is 1.87. The molecule has 0 bridgehead atoms. The molecule has 0 saturated heterocycles. The number of pyridine rings is 1. The van der Waals surface area contributed by atoms with E-state index in [4.69, 9.17) is 4.42 Å². The van der Waals surface area contributed by atoms with E-state index < -0.39 is 0 Å². The molecular formula is C16H21N3O2. The van der Waals surface area contributed by atoms with Crippen LogP contribution in [0.3, 0.4) is 0 Å². The van der Waals surface area contributed by atoms with Crippen molar-refractivity contribution in [3.63, 3.8) is 0 Å². The Morgan fingerprint density at radius 3 is 2.86 bits per heavy atom. The average Bonchev–Trinajstić information content (AvgIpc) is 2.98. The van der Waals surface area contributed by atoms with Gasteiger partial charge in [0.15, 0.2) is 0 Å². The molecular weight excluding hydrogens is 266 g/mol. The monoisotopic (exact) mass is 287 g/mol. The second kappa shape index (κ2) is 7.47. The lowest BCUT2D eigenvalue weighted by molar-refractivity contribution is 0.0934. The van der Waals surface area contributed by atoms with Crippen molar-refractivity contribution in [3.05, 3.63) is 48.2 Å². The van der Waals surface area contributed by atoms with Crippen LogP contribution >= 0.6 is 0 Å². The third-order valence-corrected chi connectivity index (χ3v) is 3.04. The van der Waals surface area contributed by atoms with Gasteiger partial charge in [-0.15, -0.1) is 0 Å². The number of amides is 1. The summed E-state index contributed by atoms with van der Waals surface area (Å²) in [5.74, 6) is 0.686. The number of hydrogen-bond acceptors (Lipinski definition) is 4. The van der Waals surface area contributed by atoms with Crippen molar-refractivity contribution in [2.75, 3.05) is 11.9 Å². The highest BCUT2D eigenvalue weighted by Gasteiger charge is 2.12. The predicted octanol–water partition coefficient (Wildman–Crippen LogP) is 2.86. The molecule has 0 saturated carbocycles. The summed E-state index contributed by atoms with van der Waals surface area (Å²) in [7, 11) is 0. The van der Waals surface area contributed by atoms with E-state index in [0.29, 0.717) is 12.1 Å². The van der Waals surface area contributed by atoms with Gasteiger partial charge in [-0.2, -0.15) is 0 Å². The summed E-state index contributed by atoms with van der Waals surface area (Å²) in [6.07, 6.45) is 5.02. The second-order valence-electron chi connectivity index (χ2n) is 5.02. The number of carbonyl (C=O) groups excluding carboxylic acids is 1. The highest BCUT2D eigenvalue weighted by atomic mass is 16.3. The van der Waals surface area contributed by atoms with Crippen molar-refractivity contribution < 1.29 is 9.21 Å². The third-order valence-electron chi connectivity index (χ3n) is 3.04. The summed E-state index contributed by atoms with van der Waals surface area (Å²) in [6.45, 7) is 4.94. The maximum absolute atomic E-state index is 12.1. The van der Waals surface area contributed by atoms with Crippen molar-refractivity contribution in [1.82, 2.24) is 10.3 Å². The maximum Gasteiger partial charge on any atom is 0.270 e. The number of aromatic nitrogens is 1. The normalized spacial score (nSPS) is 11.9. The van der Waals surface area contributed by atoms with Crippen LogP contribution in [0.25, 0.3) is 0 Å². The maximum atomic E-state index is 12.1. The van der Waals surface area contributed by atoms with Gasteiger partial charge in [-0.3, -0.25) is 4.79 Å². The van der Waals surface area contributed by atoms with Crippen LogP contribution in [0.4, 0.5) is 5.69 Å². The zero-order valence-corrected chi connectivity index (χ0v) is 12.4. The topological polar surface area (TPSA) is 67.2 Å². The summed E-state index contributed by atoms with van der Waals surface area (Å²) >= 11 is 0. The fraction of sp³-hybridized carbons (Fsp3) is 0.375. The summed E-state index contributed by atoms with van der Waals surface area (Å²) < 4.78 is 5.27. The van der Waals surface area contributed by atoms with Crippen LogP contribution in [-0.2, 0) is 6.42 Å². The van der Waals surface area contributed by atoms with Gasteiger partial charge >= 0.3 is 0 Å². The van der Waals surface area contributed by atoms with Crippen molar-refractivity contribution in [3.8, 4) is 0 Å². The Labute approximate surface area is 124 Å². The smallest absolute Gasteiger partial charge is 0.270 e. The Bertz CT molecular complexity index is 549. The Morgan fingerprint density at radius 2 is 2.24 bits per heavy atom. The molecule has 1 unspecified atom stereocenters. The highest BCUT2D eigenvalue weighted by Crippen LogP contribution is 2.08. The van der Waals surface area contributed by atoms with Crippen molar-refractivity contribution in [2.24, 2.45) is 0 Å². The van der Waals surface area contributed by atoms with Gasteiger partial charge in [0, 0.05) is 19.0 Å². The molecule has 2 aromatic rings. The Kier molecular flexibility index (Phi) is 5.37. The third kappa shape index (κ3) is 4.63. The fourth-order valence-electron chi connectivity index (χ4n) is 1.98. The molecule has 5 heteroatoms. The van der Waals surface area contributed by atoms with E-state index in [1.165, 1.54) is 0 Å². The first-order chi connectivity index (χ1) is 10.2. The van der Waals surface area contributed by atoms with Crippen LogP contribution in [0.1, 0.15) is 36.5 Å². The van der Waals surface area contributed by atoms with Gasteiger partial charge in [0.1, 0.15) is 11.5 Å². The lowest BCUT2D eigenvalue weighted by Gasteiger charge is -2.12. The van der Waals surface area contributed by atoms with Gasteiger partial charge in [-0.25, -0.2) is 4.98 Å². The van der Waals surface area contributed by atoms with Gasteiger partial charge in [0.2, 0.25) is 0 Å². The van der Waals surface area contributed by atoms with E-state index in [0.717, 1.165) is 24.4 Å². The van der Waals surface area contributed by atoms with E-state index >= 15 is 0 Å². The van der Waals surface area contributed by atoms with Crippen molar-refractivity contribution in [2.45, 2.75) is 32.7 Å². The Morgan fingerprint density at radius 1 is 1.38 bits per heavy atom. The van der Waals surface area contributed by atoms with Gasteiger partial charge in [-0.05, 0) is 37.6 Å². The van der Waals surface area contributed by atoms with Crippen molar-refractivity contribution in [1.29, 1.82) is 0 Å². The number of rotatable bonds is 7. The summed E-state index contributed by atoms with van der Waals surface area (Å²) in [5.41, 5.74) is 1.35. The first-order valence-corrected chi connectivity index (χ1v) is 7.22. The SMILES string of the molecule is CCCNc1ccc(C(=O)NC(C)Cc2ccco2)nc1. The van der Waals surface area contributed by atoms with Crippen LogP contribution in [0.2, 0.25) is 0 Å². The lowest BCUT2D eigenvalue weighted by Crippen LogP contribution is -2.34. The number of nitrogens with zero attached hydrogens (tertiary/aromatic N) is 1. The molecule has 112 valence electrons. The molecule has 0 aromatic carbocycles. The molecule has 0 fully saturated rings. The molecule has 0 aliphatic rings. The predicted molar refractivity (Wildman–Crippen MR) is 82.4 cm³/mol. The molecule has 0 spiro atoms. The van der Waals surface area contributed by atoms with E-state index in [9.17, 15) is 4.79 Å². The number of hydrogen-bond donors (Lipinski definition) is 2. The Hall–Kier alpha value is -2.30. The largest absolute Gasteiger partial charge is 0.469 e. The summed E-state index contributed by atoms with van der Waals surface area (Å²) in [4.78, 5) is 16.3. The van der Waals surface area contributed by atoms with Gasteiger partial charge < -0.3 is 15.1 Å². The minimum Gasteiger partial charge on any atom is -0.469 e. The zero-order valence-electron chi connectivity index (χ0n) is 12.4. The second-order valence-corrected chi connectivity index (χ2v) is 5.02. The van der Waals surface area contributed by atoms with Crippen LogP contribution in [-0.4, -0.2) is 23.5 Å². The first kappa shape index (κ1) is 15.1. The standard InChI is InChI=1S/C16H21N3O2/c1-3-8-17-13-6-7-15(18-11-13)16(20)19-12(2)10-14-5-4-9-21-14/h4-7,9,11-12,17H,3,8,10H2,1-2H3,(H,19,20). The fourth-order valence-corrected chi connectivity index (χ4v) is 1.98. The zero-order chi connectivity index (χ0) is 15.1. The van der Waals surface area contributed by atoms with E-state index in [1.807, 2.05) is 25.1 Å². The van der Waals surface area contributed by atoms with Crippen LogP contribution in [0.15, 0.2) is 41.1 Å². The molecule has 1 atom stereocenters. The molecule has 2 N–H and O–H groups in total. The molecule has 2 rings (SSSR count). The molecule has 0 aliphatic heterocycles. The molecule has 0 radical (unpaired) electrons. The number of nitrogens with one attached hydrogen (secondary N) is 2. The molecule has 1 amide bonds. The number of furan rings is 1. The first-order valence-electron chi connectivity index (χ1n) is 7.22. The summed E-state index contributed by atoms with van der Waals surface area (Å²) in [6, 6.07) is 7.33. The minimum atomic E-state index is -0.170. The van der Waals surface area contributed by atoms with E-state index in [-0.39, 0.29) is 11.9 Å². The average molecular weight is 287 g/mol. The van der Waals surface area contributed by atoms with Gasteiger partial charge in [0.25, 0.3) is 5.91 Å². The number of anilines is 1. The summed E-state index contributed by atoms with van der Waals surface area (Å²) in [5, 5.41) is 6.14. The van der Waals surface area contributed by atoms with E-state index in [1.54, 1.807) is 18.5 Å². The quantitative estimate of drug-likeness (QED) is 0.821. The van der Waals surface area contributed by atoms with Crippen molar-refractivity contribution >= 4 is 11.6 Å². The van der Waals surface area contributed by atoms with Crippen LogP contribution < -0.4 is 10.6 Å². The molecule has 0 aliphatic carbocycles. The van der Waals surface area contributed by atoms with Crippen LogP contribution in [0.5, 0.6) is 0 Å². The molecule has 2 aromatic heterocycles. The highest BCUT2D eigenvalue weighted by molar-refractivity contribution is 5.92. The molecule has 21 heavy (non-hydrogen) atoms. The minimum absolute atomic E-state index is 0.0108. The lowest BCUT2D eigenvalue weighted by atomic mass is 10.2. The van der Waals surface area contributed by atoms with Crippen LogP contribution in [0, 0.1) is 0 Å². The molecule has 5 nitrogen and oxygen atoms in total. The molecule has 2 heterocycles. The van der Waals surface area contributed by atoms with Gasteiger partial charge in [0.05, 0.1) is 18.1 Å². The number of carbonyl (C=O) groups is 1.